The molecular weight excluding hydrogens is 340 g/mol. The van der Waals surface area contributed by atoms with E-state index in [-0.39, 0.29) is 5.91 Å². The highest BCUT2D eigenvalue weighted by Gasteiger charge is 2.30. The first kappa shape index (κ1) is 16.5. The zero-order chi connectivity index (χ0) is 17.2. The Kier molecular flexibility index (Phi) is 4.67. The lowest BCUT2D eigenvalue weighted by Gasteiger charge is -2.11. The fourth-order valence-electron chi connectivity index (χ4n) is 3.23. The Morgan fingerprint density at radius 3 is 3.00 bits per heavy atom. The Morgan fingerprint density at radius 2 is 2.24 bits per heavy atom. The second-order valence-corrected chi connectivity index (χ2v) is 7.24. The molecule has 8 heteroatoms. The average Bonchev–Trinajstić information content (AvgIpc) is 3.11. The normalized spacial score (nSPS) is 20.0. The lowest BCUT2D eigenvalue weighted by molar-refractivity contribution is -0.116. The van der Waals surface area contributed by atoms with Gasteiger partial charge < -0.3 is 10.6 Å². The number of nitrogens with zero attached hydrogens (tertiary/aromatic N) is 4. The van der Waals surface area contributed by atoms with Crippen LogP contribution < -0.4 is 10.6 Å². The van der Waals surface area contributed by atoms with E-state index >= 15 is 0 Å². The van der Waals surface area contributed by atoms with Crippen molar-refractivity contribution in [2.75, 3.05) is 18.4 Å². The summed E-state index contributed by atoms with van der Waals surface area (Å²) in [4.78, 5) is 12.2. The van der Waals surface area contributed by atoms with Crippen LogP contribution in [0.25, 0.3) is 5.69 Å². The first-order valence-corrected chi connectivity index (χ1v) is 9.17. The molecule has 1 unspecified atom stereocenters. The van der Waals surface area contributed by atoms with Gasteiger partial charge in [0.1, 0.15) is 0 Å². The molecule has 0 bridgehead atoms. The summed E-state index contributed by atoms with van der Waals surface area (Å²) in [6.07, 6.45) is 4.80. The minimum absolute atomic E-state index is 0.0271. The average molecular weight is 361 g/mol. The smallest absolute Gasteiger partial charge is 0.224 e. The summed E-state index contributed by atoms with van der Waals surface area (Å²) in [5.41, 5.74) is 1.41. The lowest BCUT2D eigenvalue weighted by Crippen LogP contribution is -2.15. The topological polar surface area (TPSA) is 84.7 Å². The van der Waals surface area contributed by atoms with Gasteiger partial charge in [-0.1, -0.05) is 11.6 Å². The van der Waals surface area contributed by atoms with Gasteiger partial charge in [-0.2, -0.15) is 4.68 Å². The van der Waals surface area contributed by atoms with Crippen molar-refractivity contribution in [3.05, 3.63) is 29.0 Å². The van der Waals surface area contributed by atoms with Gasteiger partial charge in [0.05, 0.1) is 10.7 Å². The molecule has 2 heterocycles. The number of amides is 1. The number of nitrogens with one attached hydrogen (secondary N) is 2. The van der Waals surface area contributed by atoms with E-state index in [1.54, 1.807) is 10.7 Å². The first-order chi connectivity index (χ1) is 12.2. The third-order valence-corrected chi connectivity index (χ3v) is 5.16. The summed E-state index contributed by atoms with van der Waals surface area (Å²) in [5, 5.41) is 18.8. The van der Waals surface area contributed by atoms with E-state index in [1.807, 2.05) is 12.1 Å². The summed E-state index contributed by atoms with van der Waals surface area (Å²) >= 11 is 6.33. The molecule has 1 aromatic carbocycles. The molecule has 1 atom stereocenters. The zero-order valence-electron chi connectivity index (χ0n) is 13.9. The molecular formula is C17H21ClN6O. The highest BCUT2D eigenvalue weighted by Crippen LogP contribution is 2.40. The summed E-state index contributed by atoms with van der Waals surface area (Å²) in [7, 11) is 0. The van der Waals surface area contributed by atoms with E-state index in [9.17, 15) is 4.79 Å². The van der Waals surface area contributed by atoms with Crippen molar-refractivity contribution in [2.24, 2.45) is 5.92 Å². The highest BCUT2D eigenvalue weighted by atomic mass is 35.5. The summed E-state index contributed by atoms with van der Waals surface area (Å²) in [6.45, 7) is 2.07. The van der Waals surface area contributed by atoms with Gasteiger partial charge in [0.15, 0.2) is 5.82 Å². The third-order valence-electron chi connectivity index (χ3n) is 4.84. The molecule has 2 aromatic rings. The number of hydrogen-bond acceptors (Lipinski definition) is 5. The number of carbonyl (C=O) groups excluding carboxylic acids is 1. The van der Waals surface area contributed by atoms with Gasteiger partial charge >= 0.3 is 0 Å². The number of halogens is 1. The molecule has 0 radical (unpaired) electrons. The molecule has 1 saturated heterocycles. The van der Waals surface area contributed by atoms with Gasteiger partial charge in [-0.05, 0) is 73.3 Å². The molecule has 4 rings (SSSR count). The summed E-state index contributed by atoms with van der Waals surface area (Å²) < 4.78 is 1.68. The van der Waals surface area contributed by atoms with Crippen molar-refractivity contribution in [3.8, 4) is 5.69 Å². The van der Waals surface area contributed by atoms with Crippen LogP contribution in [-0.4, -0.2) is 39.2 Å². The molecule has 1 aliphatic heterocycles. The van der Waals surface area contributed by atoms with Crippen LogP contribution in [0.4, 0.5) is 5.69 Å². The quantitative estimate of drug-likeness (QED) is 0.826. The van der Waals surface area contributed by atoms with Crippen molar-refractivity contribution in [3.63, 3.8) is 0 Å². The van der Waals surface area contributed by atoms with Crippen molar-refractivity contribution in [2.45, 2.75) is 38.0 Å². The highest BCUT2D eigenvalue weighted by molar-refractivity contribution is 6.32. The van der Waals surface area contributed by atoms with Crippen molar-refractivity contribution in [1.29, 1.82) is 0 Å². The van der Waals surface area contributed by atoms with Crippen LogP contribution in [-0.2, 0) is 4.79 Å². The molecule has 1 saturated carbocycles. The molecule has 2 N–H and O–H groups in total. The number of carbonyl (C=O) groups is 1. The minimum Gasteiger partial charge on any atom is -0.326 e. The van der Waals surface area contributed by atoms with Crippen LogP contribution in [0, 0.1) is 5.92 Å². The molecule has 2 aliphatic rings. The number of rotatable bonds is 6. The van der Waals surface area contributed by atoms with E-state index in [2.05, 4.69) is 26.2 Å². The first-order valence-electron chi connectivity index (χ1n) is 8.79. The fourth-order valence-corrected chi connectivity index (χ4v) is 3.43. The maximum absolute atomic E-state index is 12.2. The standard InChI is InChI=1S/C17H21ClN6O/c18-14-5-4-13(20-16(25)6-1-11-7-8-19-10-11)9-15(14)24-17(12-2-3-12)21-22-23-24/h4-5,9,11-12,19H,1-3,6-8,10H2,(H,20,25). The number of aromatic nitrogens is 4. The van der Waals surface area contributed by atoms with E-state index in [1.165, 1.54) is 0 Å². The monoisotopic (exact) mass is 360 g/mol. The molecule has 0 spiro atoms. The van der Waals surface area contributed by atoms with Crippen molar-refractivity contribution in [1.82, 2.24) is 25.5 Å². The van der Waals surface area contributed by atoms with E-state index < -0.39 is 0 Å². The summed E-state index contributed by atoms with van der Waals surface area (Å²) in [6, 6.07) is 5.41. The predicted molar refractivity (Wildman–Crippen MR) is 95.0 cm³/mol. The number of benzene rings is 1. The largest absolute Gasteiger partial charge is 0.326 e. The Hall–Kier alpha value is -1.99. The van der Waals surface area contributed by atoms with Gasteiger partial charge in [-0.15, -0.1) is 5.10 Å². The predicted octanol–water partition coefficient (Wildman–Crippen LogP) is 2.52. The Labute approximate surface area is 151 Å². The van der Waals surface area contributed by atoms with Crippen LogP contribution in [0.1, 0.15) is 43.8 Å². The number of anilines is 1. The second-order valence-electron chi connectivity index (χ2n) is 6.84. The third kappa shape index (κ3) is 3.82. The van der Waals surface area contributed by atoms with Crippen molar-refractivity contribution < 1.29 is 4.79 Å². The van der Waals surface area contributed by atoms with E-state index in [4.69, 9.17) is 11.6 Å². The van der Waals surface area contributed by atoms with Crippen LogP contribution in [0.5, 0.6) is 0 Å². The van der Waals surface area contributed by atoms with Crippen LogP contribution >= 0.6 is 11.6 Å². The number of hydrogen-bond donors (Lipinski definition) is 2. The van der Waals surface area contributed by atoms with Gasteiger partial charge in [0.25, 0.3) is 0 Å². The van der Waals surface area contributed by atoms with Crippen LogP contribution in [0.2, 0.25) is 5.02 Å². The van der Waals surface area contributed by atoms with E-state index in [0.717, 1.165) is 44.6 Å². The lowest BCUT2D eigenvalue weighted by atomic mass is 10.0. The Balaban J connectivity index is 1.45. The van der Waals surface area contributed by atoms with E-state index in [0.29, 0.717) is 34.7 Å². The minimum atomic E-state index is 0.0271. The molecule has 1 aliphatic carbocycles. The molecule has 132 valence electrons. The summed E-state index contributed by atoms with van der Waals surface area (Å²) in [5.74, 6) is 1.87. The Morgan fingerprint density at radius 1 is 1.36 bits per heavy atom. The molecule has 2 fully saturated rings. The maximum atomic E-state index is 12.2. The van der Waals surface area contributed by atoms with Crippen LogP contribution in [0.3, 0.4) is 0 Å². The Bertz CT molecular complexity index is 766. The van der Waals surface area contributed by atoms with Crippen LogP contribution in [0.15, 0.2) is 18.2 Å². The van der Waals surface area contributed by atoms with Gasteiger partial charge in [0.2, 0.25) is 5.91 Å². The van der Waals surface area contributed by atoms with Gasteiger partial charge in [-0.25, -0.2) is 0 Å². The maximum Gasteiger partial charge on any atom is 0.224 e. The SMILES string of the molecule is O=C(CCC1CCNC1)Nc1ccc(Cl)c(-n2nnnc2C2CC2)c1. The fraction of sp³-hybridized carbons (Fsp3) is 0.529. The zero-order valence-corrected chi connectivity index (χ0v) is 14.7. The second kappa shape index (κ2) is 7.09. The molecule has 7 nitrogen and oxygen atoms in total. The molecule has 1 aromatic heterocycles. The molecule has 1 amide bonds. The number of tetrazole rings is 1. The van der Waals surface area contributed by atoms with Gasteiger partial charge in [0, 0.05) is 18.0 Å². The van der Waals surface area contributed by atoms with Crippen molar-refractivity contribution >= 4 is 23.2 Å². The van der Waals surface area contributed by atoms with Gasteiger partial charge in [-0.3, -0.25) is 4.79 Å². The molecule has 25 heavy (non-hydrogen) atoms.